The Balaban J connectivity index is 1.49. The number of tetrazole rings is 1. The van der Waals surface area contributed by atoms with Crippen molar-refractivity contribution in [2.24, 2.45) is 7.05 Å². The summed E-state index contributed by atoms with van der Waals surface area (Å²) < 4.78 is 18.0. The van der Waals surface area contributed by atoms with Crippen LogP contribution in [-0.4, -0.2) is 89.2 Å². The van der Waals surface area contributed by atoms with Crippen molar-refractivity contribution in [1.29, 1.82) is 0 Å². The number of thioether (sulfide) groups is 1. The van der Waals surface area contributed by atoms with Crippen molar-refractivity contribution in [2.45, 2.75) is 18.1 Å². The number of amides is 1. The lowest BCUT2D eigenvalue weighted by atomic mass is 10.1. The standard InChI is InChI=1S/C19H28N6O4S/c1-23-19(20-21-22-23)30-12-7-16(26)25-10-8-24(9-11-25)13-14-5-6-15(27-2)18(29-4)17(14)28-3/h5-6H,7-13H2,1-4H3. The van der Waals surface area contributed by atoms with Crippen molar-refractivity contribution >= 4 is 17.7 Å². The van der Waals surface area contributed by atoms with E-state index in [1.807, 2.05) is 17.0 Å². The number of aromatic nitrogens is 4. The monoisotopic (exact) mass is 436 g/mol. The molecule has 1 aromatic carbocycles. The van der Waals surface area contributed by atoms with E-state index in [-0.39, 0.29) is 5.91 Å². The molecule has 10 nitrogen and oxygen atoms in total. The Labute approximate surface area is 180 Å². The van der Waals surface area contributed by atoms with Gasteiger partial charge in [0.1, 0.15) is 0 Å². The molecule has 0 radical (unpaired) electrons. The van der Waals surface area contributed by atoms with Crippen LogP contribution >= 0.6 is 11.8 Å². The molecule has 0 atom stereocenters. The van der Waals surface area contributed by atoms with E-state index in [4.69, 9.17) is 14.2 Å². The zero-order valence-corrected chi connectivity index (χ0v) is 18.6. The van der Waals surface area contributed by atoms with Gasteiger partial charge in [0.25, 0.3) is 0 Å². The zero-order chi connectivity index (χ0) is 21.5. The Morgan fingerprint density at radius 3 is 2.40 bits per heavy atom. The molecule has 1 amide bonds. The second-order valence-electron chi connectivity index (χ2n) is 6.83. The fraction of sp³-hybridized carbons (Fsp3) is 0.579. The molecule has 0 aliphatic carbocycles. The van der Waals surface area contributed by atoms with Crippen molar-refractivity contribution in [3.8, 4) is 17.2 Å². The van der Waals surface area contributed by atoms with Gasteiger partial charge in [-0.2, -0.15) is 0 Å². The van der Waals surface area contributed by atoms with Gasteiger partial charge in [-0.1, -0.05) is 17.8 Å². The number of benzene rings is 1. The number of aryl methyl sites for hydroxylation is 1. The summed E-state index contributed by atoms with van der Waals surface area (Å²) in [5.41, 5.74) is 1.03. The molecular weight excluding hydrogens is 408 g/mol. The molecule has 164 valence electrons. The number of hydrogen-bond donors (Lipinski definition) is 0. The lowest BCUT2D eigenvalue weighted by molar-refractivity contribution is -0.132. The highest BCUT2D eigenvalue weighted by atomic mass is 32.2. The number of carbonyl (C=O) groups excluding carboxylic acids is 1. The summed E-state index contributed by atoms with van der Waals surface area (Å²) in [5.74, 6) is 2.76. The van der Waals surface area contributed by atoms with Crippen LogP contribution in [0.4, 0.5) is 0 Å². The summed E-state index contributed by atoms with van der Waals surface area (Å²) in [6.45, 7) is 3.77. The Hall–Kier alpha value is -2.53. The van der Waals surface area contributed by atoms with Gasteiger partial charge in [0, 0.05) is 57.5 Å². The van der Waals surface area contributed by atoms with Gasteiger partial charge in [-0.15, -0.1) is 5.10 Å². The number of hydrogen-bond acceptors (Lipinski definition) is 9. The lowest BCUT2D eigenvalue weighted by Gasteiger charge is -2.35. The van der Waals surface area contributed by atoms with Crippen molar-refractivity contribution < 1.29 is 19.0 Å². The van der Waals surface area contributed by atoms with Crippen LogP contribution in [0.2, 0.25) is 0 Å². The molecule has 1 aliphatic heterocycles. The Morgan fingerprint density at radius 1 is 1.07 bits per heavy atom. The Bertz CT molecular complexity index is 854. The third-order valence-corrected chi connectivity index (χ3v) is 6.05. The molecule has 2 heterocycles. The number of methoxy groups -OCH3 is 3. The smallest absolute Gasteiger partial charge is 0.223 e. The molecule has 30 heavy (non-hydrogen) atoms. The second kappa shape index (κ2) is 10.5. The molecular formula is C19H28N6O4S. The van der Waals surface area contributed by atoms with E-state index in [0.717, 1.165) is 30.4 Å². The van der Waals surface area contributed by atoms with Crippen molar-refractivity contribution in [3.05, 3.63) is 17.7 Å². The predicted octanol–water partition coefficient (Wildman–Crippen LogP) is 1.06. The highest BCUT2D eigenvalue weighted by Crippen LogP contribution is 2.40. The SMILES string of the molecule is COc1ccc(CN2CCN(C(=O)CCSc3nnnn3C)CC2)c(OC)c1OC. The van der Waals surface area contributed by atoms with Crippen molar-refractivity contribution in [1.82, 2.24) is 30.0 Å². The van der Waals surface area contributed by atoms with E-state index < -0.39 is 0 Å². The topological polar surface area (TPSA) is 94.8 Å². The van der Waals surface area contributed by atoms with Crippen LogP contribution in [0.25, 0.3) is 0 Å². The fourth-order valence-corrected chi connectivity index (χ4v) is 4.19. The highest BCUT2D eigenvalue weighted by molar-refractivity contribution is 7.99. The molecule has 1 aliphatic rings. The van der Waals surface area contributed by atoms with Crippen LogP contribution in [0.15, 0.2) is 17.3 Å². The van der Waals surface area contributed by atoms with E-state index in [2.05, 4.69) is 20.4 Å². The van der Waals surface area contributed by atoms with Crippen LogP contribution < -0.4 is 14.2 Å². The minimum Gasteiger partial charge on any atom is -0.493 e. The lowest BCUT2D eigenvalue weighted by Crippen LogP contribution is -2.48. The van der Waals surface area contributed by atoms with Gasteiger partial charge in [0.05, 0.1) is 21.3 Å². The molecule has 0 N–H and O–H groups in total. The first-order chi connectivity index (χ1) is 14.6. The molecule has 1 saturated heterocycles. The van der Waals surface area contributed by atoms with Crippen LogP contribution in [0, 0.1) is 0 Å². The van der Waals surface area contributed by atoms with Gasteiger partial charge in [0.2, 0.25) is 16.8 Å². The van der Waals surface area contributed by atoms with E-state index in [0.29, 0.717) is 42.5 Å². The van der Waals surface area contributed by atoms with E-state index in [9.17, 15) is 4.79 Å². The minimum absolute atomic E-state index is 0.168. The van der Waals surface area contributed by atoms with E-state index >= 15 is 0 Å². The number of nitrogens with zero attached hydrogens (tertiary/aromatic N) is 6. The molecule has 0 unspecified atom stereocenters. The molecule has 1 fully saturated rings. The summed E-state index contributed by atoms with van der Waals surface area (Å²) in [7, 11) is 6.63. The quantitative estimate of drug-likeness (QED) is 0.535. The first-order valence-electron chi connectivity index (χ1n) is 9.70. The first kappa shape index (κ1) is 22.2. The Morgan fingerprint density at radius 2 is 1.80 bits per heavy atom. The minimum atomic E-state index is 0.168. The molecule has 3 rings (SSSR count). The third-order valence-electron chi connectivity index (χ3n) is 5.03. The average molecular weight is 437 g/mol. The first-order valence-corrected chi connectivity index (χ1v) is 10.7. The number of ether oxygens (including phenoxy) is 3. The zero-order valence-electron chi connectivity index (χ0n) is 17.8. The van der Waals surface area contributed by atoms with Gasteiger partial charge in [-0.3, -0.25) is 9.69 Å². The van der Waals surface area contributed by atoms with Gasteiger partial charge in [-0.25, -0.2) is 4.68 Å². The van der Waals surface area contributed by atoms with Crippen molar-refractivity contribution in [3.63, 3.8) is 0 Å². The molecule has 0 saturated carbocycles. The van der Waals surface area contributed by atoms with Crippen LogP contribution in [-0.2, 0) is 18.4 Å². The van der Waals surface area contributed by atoms with Gasteiger partial charge in [0.15, 0.2) is 11.5 Å². The summed E-state index contributed by atoms with van der Waals surface area (Å²) >= 11 is 1.49. The summed E-state index contributed by atoms with van der Waals surface area (Å²) in [6.07, 6.45) is 0.473. The van der Waals surface area contributed by atoms with E-state index in [1.54, 1.807) is 33.1 Å². The molecule has 11 heteroatoms. The molecule has 0 spiro atoms. The molecule has 1 aromatic heterocycles. The summed E-state index contributed by atoms with van der Waals surface area (Å²) in [6, 6.07) is 3.89. The maximum Gasteiger partial charge on any atom is 0.223 e. The maximum atomic E-state index is 12.5. The second-order valence-corrected chi connectivity index (χ2v) is 7.90. The van der Waals surface area contributed by atoms with E-state index in [1.165, 1.54) is 11.8 Å². The molecule has 2 aromatic rings. The number of piperazine rings is 1. The van der Waals surface area contributed by atoms with Crippen LogP contribution in [0.5, 0.6) is 17.2 Å². The van der Waals surface area contributed by atoms with Gasteiger partial charge < -0.3 is 19.1 Å². The van der Waals surface area contributed by atoms with Crippen LogP contribution in [0.1, 0.15) is 12.0 Å². The largest absolute Gasteiger partial charge is 0.493 e. The highest BCUT2D eigenvalue weighted by Gasteiger charge is 2.23. The van der Waals surface area contributed by atoms with Gasteiger partial charge in [-0.05, 0) is 16.5 Å². The average Bonchev–Trinajstić information content (AvgIpc) is 3.18. The summed E-state index contributed by atoms with van der Waals surface area (Å²) in [5, 5.41) is 12.0. The van der Waals surface area contributed by atoms with Gasteiger partial charge >= 0.3 is 0 Å². The normalized spacial score (nSPS) is 14.6. The fourth-order valence-electron chi connectivity index (χ4n) is 3.42. The maximum absolute atomic E-state index is 12.5. The summed E-state index contributed by atoms with van der Waals surface area (Å²) in [4.78, 5) is 16.8. The number of carbonyl (C=O) groups is 1. The molecule has 0 bridgehead atoms. The van der Waals surface area contributed by atoms with Crippen molar-refractivity contribution in [2.75, 3.05) is 53.3 Å². The number of rotatable bonds is 9. The Kier molecular flexibility index (Phi) is 7.75. The predicted molar refractivity (Wildman–Crippen MR) is 112 cm³/mol. The third kappa shape index (κ3) is 5.14. The van der Waals surface area contributed by atoms with Crippen LogP contribution in [0.3, 0.4) is 0 Å².